The molecule has 0 aromatic heterocycles. The molecular formula is C54H88O23. The Kier molecular flexibility index (Phi) is 17.2. The maximum atomic E-state index is 11.8. The Labute approximate surface area is 448 Å². The van der Waals surface area contributed by atoms with E-state index in [9.17, 15) is 76.6 Å². The van der Waals surface area contributed by atoms with Crippen molar-refractivity contribution in [2.24, 2.45) is 44.3 Å². The van der Waals surface area contributed by atoms with Crippen LogP contribution in [0.1, 0.15) is 99.8 Å². The molecule has 9 aliphatic rings. The van der Waals surface area contributed by atoms with E-state index in [1.165, 1.54) is 6.92 Å². The zero-order valence-electron chi connectivity index (χ0n) is 45.2. The van der Waals surface area contributed by atoms with Crippen molar-refractivity contribution < 1.29 is 114 Å². The highest BCUT2D eigenvalue weighted by Crippen LogP contribution is 2.75. The molecule has 4 heterocycles. The Hall–Kier alpha value is -1.44. The highest BCUT2D eigenvalue weighted by molar-refractivity contribution is 5.47. The van der Waals surface area contributed by atoms with Gasteiger partial charge in [-0.25, -0.2) is 0 Å². The lowest BCUT2D eigenvalue weighted by Crippen LogP contribution is -2.68. The second-order valence-electron chi connectivity index (χ2n) is 25.9. The molecule has 23 nitrogen and oxygen atoms in total. The quantitative estimate of drug-likeness (QED) is 0.0836. The van der Waals surface area contributed by atoms with Gasteiger partial charge in [0, 0.05) is 16.2 Å². The molecular weight excluding hydrogens is 1020 g/mol. The van der Waals surface area contributed by atoms with Gasteiger partial charge in [-0.15, -0.1) is 0 Å². The van der Waals surface area contributed by atoms with Crippen molar-refractivity contribution in [1.82, 2.24) is 0 Å². The summed E-state index contributed by atoms with van der Waals surface area (Å²) in [5, 5.41) is 163. The first-order chi connectivity index (χ1) is 36.1. The van der Waals surface area contributed by atoms with Crippen molar-refractivity contribution in [2.75, 3.05) is 33.0 Å². The lowest BCUT2D eigenvalue weighted by atomic mass is 9.35. The molecule has 29 atom stereocenters. The largest absolute Gasteiger partial charge is 0.396 e. The van der Waals surface area contributed by atoms with E-state index in [-0.39, 0.29) is 30.5 Å². The van der Waals surface area contributed by atoms with E-state index in [0.29, 0.717) is 44.9 Å². The van der Waals surface area contributed by atoms with Gasteiger partial charge in [-0.2, -0.15) is 0 Å². The summed E-state index contributed by atoms with van der Waals surface area (Å²) in [5.74, 6) is -0.326. The lowest BCUT2D eigenvalue weighted by molar-refractivity contribution is -0.398. The summed E-state index contributed by atoms with van der Waals surface area (Å²) in [6, 6.07) is 0. The molecule has 0 aromatic rings. The fourth-order valence-electron chi connectivity index (χ4n) is 16.0. The van der Waals surface area contributed by atoms with E-state index in [1.54, 1.807) is 0 Å². The lowest BCUT2D eigenvalue weighted by Gasteiger charge is -2.70. The maximum Gasteiger partial charge on any atom is 0.187 e. The third-order valence-electron chi connectivity index (χ3n) is 21.1. The highest BCUT2D eigenvalue weighted by atomic mass is 16.8. The third-order valence-corrected chi connectivity index (χ3v) is 21.1. The Morgan fingerprint density at radius 1 is 0.519 bits per heavy atom. The van der Waals surface area contributed by atoms with Crippen LogP contribution in [0.15, 0.2) is 23.3 Å². The molecule has 5 aliphatic carbocycles. The number of hydrogen-bond donors (Lipinski definition) is 15. The van der Waals surface area contributed by atoms with Gasteiger partial charge in [-0.1, -0.05) is 59.3 Å². The molecule has 77 heavy (non-hydrogen) atoms. The zero-order chi connectivity index (χ0) is 56.3. The van der Waals surface area contributed by atoms with Crippen LogP contribution in [0.5, 0.6) is 0 Å². The third kappa shape index (κ3) is 9.66. The van der Waals surface area contributed by atoms with Gasteiger partial charge in [0.15, 0.2) is 25.2 Å². The molecule has 0 spiro atoms. The first-order valence-corrected chi connectivity index (χ1v) is 27.7. The van der Waals surface area contributed by atoms with Gasteiger partial charge in [0.2, 0.25) is 0 Å². The number of allylic oxidation sites excluding steroid dienone is 3. The minimum absolute atomic E-state index is 0.110. The molecule has 442 valence electrons. The van der Waals surface area contributed by atoms with Gasteiger partial charge in [-0.05, 0) is 91.9 Å². The fraction of sp³-hybridized carbons (Fsp3) is 0.926. The van der Waals surface area contributed by atoms with Crippen molar-refractivity contribution in [2.45, 2.75) is 235 Å². The number of rotatable bonds is 13. The maximum absolute atomic E-state index is 11.8. The molecule has 0 bridgehead atoms. The summed E-state index contributed by atoms with van der Waals surface area (Å²) < 4.78 is 50.1. The molecule has 7 fully saturated rings. The summed E-state index contributed by atoms with van der Waals surface area (Å²) in [6.45, 7) is 11.9. The van der Waals surface area contributed by atoms with Crippen LogP contribution in [0.4, 0.5) is 0 Å². The Morgan fingerprint density at radius 2 is 1.03 bits per heavy atom. The molecule has 0 aromatic carbocycles. The fourth-order valence-corrected chi connectivity index (χ4v) is 16.0. The van der Waals surface area contributed by atoms with Crippen LogP contribution in [-0.2, 0) is 37.9 Å². The summed E-state index contributed by atoms with van der Waals surface area (Å²) >= 11 is 0. The molecule has 15 N–H and O–H groups in total. The molecule has 9 rings (SSSR count). The molecule has 4 saturated heterocycles. The van der Waals surface area contributed by atoms with E-state index in [2.05, 4.69) is 46.8 Å². The van der Waals surface area contributed by atoms with Crippen molar-refractivity contribution in [3.8, 4) is 0 Å². The number of hydrogen-bond acceptors (Lipinski definition) is 23. The van der Waals surface area contributed by atoms with E-state index < -0.39 is 182 Å². The Morgan fingerprint density at radius 3 is 1.53 bits per heavy atom. The van der Waals surface area contributed by atoms with E-state index in [4.69, 9.17) is 37.9 Å². The predicted octanol–water partition coefficient (Wildman–Crippen LogP) is -2.67. The second-order valence-corrected chi connectivity index (χ2v) is 25.9. The van der Waals surface area contributed by atoms with Crippen LogP contribution in [-0.4, -0.2) is 245 Å². The van der Waals surface area contributed by atoms with Crippen LogP contribution in [0.25, 0.3) is 0 Å². The zero-order valence-corrected chi connectivity index (χ0v) is 45.2. The summed E-state index contributed by atoms with van der Waals surface area (Å²) in [5.41, 5.74) is -1.39. The highest BCUT2D eigenvalue weighted by Gasteiger charge is 2.70. The standard InChI is InChI=1S/C54H88O23/c1-23-33(60)43(76-46-41(68)38(65)35(62)27(19-56)72-46)44(77-47-42(69)39(66)36(63)28(20-57)73-47)48(70-23)74-31-11-12-50(4)29(51(31,5)21-58)10-13-52(6)30(50)9-8-24-25-16-49(2,3)14-15-54(25,22-59)32(17-53(24,52)7)75-45-40(67)37(64)34(61)26(18-55)71-45/h8-9,23,26-48,55-69H,10-22H2,1-7H3/t23-,26-,27-,28-,29-,30-,31+,32+,33+,34-,35-,36-,37+,38+,39+,40-,41-,42-,43+,44-,45+,46+,47+,48+,50+,51+,52-,53-,54-/m1/s1. The minimum Gasteiger partial charge on any atom is -0.396 e. The molecule has 0 unspecified atom stereocenters. The van der Waals surface area contributed by atoms with Gasteiger partial charge in [0.1, 0.15) is 91.6 Å². The van der Waals surface area contributed by atoms with Crippen molar-refractivity contribution in [3.05, 3.63) is 23.3 Å². The molecule has 0 radical (unpaired) electrons. The minimum atomic E-state index is -1.93. The van der Waals surface area contributed by atoms with E-state index in [0.717, 1.165) is 17.6 Å². The summed E-state index contributed by atoms with van der Waals surface area (Å²) in [6.07, 6.45) is -24.9. The Bertz CT molecular complexity index is 2130. The normalized spacial score (nSPS) is 54.7. The van der Waals surface area contributed by atoms with Crippen molar-refractivity contribution >= 4 is 0 Å². The first kappa shape index (κ1) is 60.2. The summed E-state index contributed by atoms with van der Waals surface area (Å²) in [4.78, 5) is 0. The van der Waals surface area contributed by atoms with Gasteiger partial charge in [0.05, 0.1) is 51.3 Å². The van der Waals surface area contributed by atoms with Gasteiger partial charge in [-0.3, -0.25) is 0 Å². The Balaban J connectivity index is 1.04. The second kappa shape index (κ2) is 22.0. The molecule has 3 saturated carbocycles. The average Bonchev–Trinajstić information content (AvgIpc) is 3.59. The van der Waals surface area contributed by atoms with Gasteiger partial charge in [0.25, 0.3) is 0 Å². The van der Waals surface area contributed by atoms with Crippen LogP contribution in [0, 0.1) is 44.3 Å². The molecule has 4 aliphatic heterocycles. The number of fused-ring (bicyclic) bond motifs is 6. The monoisotopic (exact) mass is 1100 g/mol. The summed E-state index contributed by atoms with van der Waals surface area (Å²) in [7, 11) is 0. The number of ether oxygens (including phenoxy) is 8. The molecule has 23 heteroatoms. The van der Waals surface area contributed by atoms with Crippen molar-refractivity contribution in [1.29, 1.82) is 0 Å². The van der Waals surface area contributed by atoms with Crippen LogP contribution in [0.3, 0.4) is 0 Å². The average molecular weight is 1110 g/mol. The SMILES string of the molecule is C[C@H]1O[C@@H](O[C@H]2CC[C@@]3(C)[C@@H](CC[C@]4(C)[C@@H]3C=CC3=C5CC(C)(C)CC[C@]5(CO)[C@@H](O[C@@H]5O[C@H](CO)[C@@H](O)[C@H](O)[C@H]5O)C[C@]34C)[C@]2(C)CO)[C@H](O[C@@H]2O[C@H](CO)[C@@H](O)[C@H](O)[C@H]2O)[C@@H](O[C@@H]2O[C@H](CO)[C@@H](O)[C@H](O)[C@H]2O)[C@H]1O. The van der Waals surface area contributed by atoms with Crippen LogP contribution < -0.4 is 0 Å². The molecule has 0 amide bonds. The topological polar surface area (TPSA) is 377 Å². The van der Waals surface area contributed by atoms with Gasteiger partial charge < -0.3 is 114 Å². The van der Waals surface area contributed by atoms with Crippen LogP contribution in [0.2, 0.25) is 0 Å². The van der Waals surface area contributed by atoms with Gasteiger partial charge >= 0.3 is 0 Å². The first-order valence-electron chi connectivity index (χ1n) is 27.7. The van der Waals surface area contributed by atoms with E-state index >= 15 is 0 Å². The predicted molar refractivity (Wildman–Crippen MR) is 264 cm³/mol. The van der Waals surface area contributed by atoms with Crippen molar-refractivity contribution in [3.63, 3.8) is 0 Å². The smallest absolute Gasteiger partial charge is 0.187 e. The number of aliphatic hydroxyl groups excluding tert-OH is 15. The number of aliphatic hydroxyl groups is 15. The van der Waals surface area contributed by atoms with Crippen LogP contribution >= 0.6 is 0 Å². The van der Waals surface area contributed by atoms with E-state index in [1.807, 2.05) is 6.92 Å².